The third-order valence-electron chi connectivity index (χ3n) is 8.21. The van der Waals surface area contributed by atoms with E-state index in [9.17, 15) is 9.59 Å². The topological polar surface area (TPSA) is 37.4 Å². The van der Waals surface area contributed by atoms with E-state index in [0.717, 1.165) is 51.5 Å². The molecule has 3 nitrogen and oxygen atoms in total. The zero-order valence-corrected chi connectivity index (χ0v) is 14.9. The van der Waals surface area contributed by atoms with Gasteiger partial charge in [-0.15, -0.1) is 0 Å². The van der Waals surface area contributed by atoms with Crippen molar-refractivity contribution < 1.29 is 9.59 Å². The Morgan fingerprint density at radius 3 is 2.57 bits per heavy atom. The van der Waals surface area contributed by atoms with E-state index >= 15 is 0 Å². The van der Waals surface area contributed by atoms with Gasteiger partial charge in [-0.25, -0.2) is 0 Å². The van der Waals surface area contributed by atoms with Crippen LogP contribution in [0.3, 0.4) is 0 Å². The SMILES string of the molecule is C[C@H]1CC[C@]2(C)C3CC[C@]4(C)C(=O)CC[C@H]4[C@@H]3CCN2C(=O)C1. The maximum Gasteiger partial charge on any atom is 0.223 e. The molecule has 2 aliphatic heterocycles. The lowest BCUT2D eigenvalue weighted by atomic mass is 9.53. The summed E-state index contributed by atoms with van der Waals surface area (Å²) < 4.78 is 0. The Labute approximate surface area is 140 Å². The van der Waals surface area contributed by atoms with Crippen molar-refractivity contribution >= 4 is 11.7 Å². The maximum absolute atomic E-state index is 12.8. The number of hydrogen-bond acceptors (Lipinski definition) is 2. The van der Waals surface area contributed by atoms with E-state index in [1.807, 2.05) is 0 Å². The highest BCUT2D eigenvalue weighted by Gasteiger charge is 2.60. The van der Waals surface area contributed by atoms with Crippen LogP contribution in [-0.2, 0) is 9.59 Å². The van der Waals surface area contributed by atoms with Crippen LogP contribution in [0, 0.1) is 29.1 Å². The zero-order chi connectivity index (χ0) is 16.4. The van der Waals surface area contributed by atoms with E-state index in [2.05, 4.69) is 25.7 Å². The molecule has 3 heteroatoms. The summed E-state index contributed by atoms with van der Waals surface area (Å²) in [5.74, 6) is 3.25. The largest absolute Gasteiger partial charge is 0.337 e. The Bertz CT molecular complexity index is 544. The predicted octanol–water partition coefficient (Wildman–Crippen LogP) is 3.81. The van der Waals surface area contributed by atoms with Crippen LogP contribution in [0.15, 0.2) is 0 Å². The number of hydrogen-bond donors (Lipinski definition) is 0. The van der Waals surface area contributed by atoms with Crippen molar-refractivity contribution in [3.05, 3.63) is 0 Å². The fourth-order valence-corrected chi connectivity index (χ4v) is 6.75. The maximum atomic E-state index is 12.8. The van der Waals surface area contributed by atoms with Gasteiger partial charge in [0.2, 0.25) is 5.91 Å². The van der Waals surface area contributed by atoms with Gasteiger partial charge in [0.25, 0.3) is 0 Å². The summed E-state index contributed by atoms with van der Waals surface area (Å²) in [6.07, 6.45) is 8.24. The molecule has 128 valence electrons. The van der Waals surface area contributed by atoms with Gasteiger partial charge < -0.3 is 4.90 Å². The second kappa shape index (κ2) is 5.07. The third kappa shape index (κ3) is 2.07. The fraction of sp³-hybridized carbons (Fsp3) is 0.900. The van der Waals surface area contributed by atoms with Crippen LogP contribution in [-0.4, -0.2) is 28.7 Å². The zero-order valence-electron chi connectivity index (χ0n) is 14.9. The van der Waals surface area contributed by atoms with E-state index in [-0.39, 0.29) is 11.0 Å². The van der Waals surface area contributed by atoms with Gasteiger partial charge in [-0.05, 0) is 69.1 Å². The molecule has 0 aromatic carbocycles. The molecule has 0 N–H and O–H groups in total. The first-order valence-corrected chi connectivity index (χ1v) is 9.70. The van der Waals surface area contributed by atoms with Gasteiger partial charge in [0.1, 0.15) is 5.78 Å². The molecular weight excluding hydrogens is 286 g/mol. The number of nitrogens with zero attached hydrogens (tertiary/aromatic N) is 1. The van der Waals surface area contributed by atoms with Crippen LogP contribution in [0.5, 0.6) is 0 Å². The van der Waals surface area contributed by atoms with Gasteiger partial charge in [-0.1, -0.05) is 13.8 Å². The van der Waals surface area contributed by atoms with Crippen molar-refractivity contribution in [1.29, 1.82) is 0 Å². The van der Waals surface area contributed by atoms with Gasteiger partial charge >= 0.3 is 0 Å². The Balaban J connectivity index is 1.67. The molecule has 1 amide bonds. The minimum atomic E-state index is -0.0538. The molecule has 4 fully saturated rings. The molecule has 0 aromatic rings. The summed E-state index contributed by atoms with van der Waals surface area (Å²) in [5.41, 5.74) is -0.0144. The van der Waals surface area contributed by atoms with Crippen LogP contribution in [0.4, 0.5) is 0 Å². The Morgan fingerprint density at radius 2 is 1.78 bits per heavy atom. The Hall–Kier alpha value is -0.860. The highest BCUT2D eigenvalue weighted by molar-refractivity contribution is 5.87. The number of carbonyl (C=O) groups excluding carboxylic acids is 2. The Kier molecular flexibility index (Phi) is 3.45. The van der Waals surface area contributed by atoms with Gasteiger partial charge in [-0.3, -0.25) is 9.59 Å². The molecule has 4 aliphatic rings. The lowest BCUT2D eigenvalue weighted by molar-refractivity contribution is -0.154. The van der Waals surface area contributed by atoms with Crippen LogP contribution >= 0.6 is 0 Å². The minimum Gasteiger partial charge on any atom is -0.337 e. The summed E-state index contributed by atoms with van der Waals surface area (Å²) in [4.78, 5) is 27.5. The van der Waals surface area contributed by atoms with Crippen molar-refractivity contribution in [1.82, 2.24) is 4.90 Å². The standard InChI is InChI=1S/C20H31NO2/c1-13-6-10-20(3)16-7-9-19(2)15(4-5-17(19)22)14(16)8-11-21(20)18(23)12-13/h13-16H,4-12H2,1-3H3/t13-,14-,15-,16?,19-,20+/m0/s1. The average molecular weight is 317 g/mol. The Morgan fingerprint density at radius 1 is 1.00 bits per heavy atom. The number of rotatable bonds is 0. The number of fused-ring (bicyclic) bond motifs is 5. The number of piperidine rings is 1. The van der Waals surface area contributed by atoms with Crippen molar-refractivity contribution in [2.75, 3.05) is 6.54 Å². The second-order valence-corrected chi connectivity index (χ2v) is 9.33. The van der Waals surface area contributed by atoms with Gasteiger partial charge in [0, 0.05) is 30.3 Å². The summed E-state index contributed by atoms with van der Waals surface area (Å²) >= 11 is 0. The fourth-order valence-electron chi connectivity index (χ4n) is 6.75. The molecule has 4 rings (SSSR count). The van der Waals surface area contributed by atoms with Crippen molar-refractivity contribution in [2.24, 2.45) is 29.1 Å². The lowest BCUT2D eigenvalue weighted by Crippen LogP contribution is -2.62. The van der Waals surface area contributed by atoms with Crippen molar-refractivity contribution in [3.8, 4) is 0 Å². The van der Waals surface area contributed by atoms with Crippen molar-refractivity contribution in [3.63, 3.8) is 0 Å². The monoisotopic (exact) mass is 317 g/mol. The third-order valence-corrected chi connectivity index (χ3v) is 8.21. The molecule has 2 aliphatic carbocycles. The van der Waals surface area contributed by atoms with Crippen LogP contribution in [0.2, 0.25) is 0 Å². The molecule has 6 atom stereocenters. The molecular formula is C20H31NO2. The molecule has 23 heavy (non-hydrogen) atoms. The summed E-state index contributed by atoms with van der Waals surface area (Å²) in [6.45, 7) is 7.74. The van der Waals surface area contributed by atoms with Gasteiger partial charge in [0.05, 0.1) is 0 Å². The number of ketones is 1. The molecule has 0 radical (unpaired) electrons. The minimum absolute atomic E-state index is 0.0394. The van der Waals surface area contributed by atoms with Crippen LogP contribution < -0.4 is 0 Å². The summed E-state index contributed by atoms with van der Waals surface area (Å²) in [5, 5.41) is 0. The van der Waals surface area contributed by atoms with Gasteiger partial charge in [0.15, 0.2) is 0 Å². The molecule has 0 bridgehead atoms. The van der Waals surface area contributed by atoms with Crippen LogP contribution in [0.25, 0.3) is 0 Å². The quantitative estimate of drug-likeness (QED) is 0.681. The van der Waals surface area contributed by atoms with E-state index < -0.39 is 0 Å². The van der Waals surface area contributed by atoms with E-state index in [0.29, 0.717) is 35.4 Å². The molecule has 2 saturated heterocycles. The average Bonchev–Trinajstić information content (AvgIpc) is 2.75. The summed E-state index contributed by atoms with van der Waals surface area (Å²) in [7, 11) is 0. The predicted molar refractivity (Wildman–Crippen MR) is 89.8 cm³/mol. The van der Waals surface area contributed by atoms with Gasteiger partial charge in [-0.2, -0.15) is 0 Å². The first-order valence-electron chi connectivity index (χ1n) is 9.70. The number of Topliss-reactive ketones (excluding diaryl/α,β-unsaturated/α-hetero) is 1. The smallest absolute Gasteiger partial charge is 0.223 e. The first kappa shape index (κ1) is 15.7. The second-order valence-electron chi connectivity index (χ2n) is 9.33. The highest BCUT2D eigenvalue weighted by Crippen LogP contribution is 2.60. The first-order chi connectivity index (χ1) is 10.9. The van der Waals surface area contributed by atoms with E-state index in [4.69, 9.17) is 0 Å². The van der Waals surface area contributed by atoms with E-state index in [1.165, 1.54) is 6.42 Å². The number of amides is 1. The van der Waals surface area contributed by atoms with Crippen LogP contribution in [0.1, 0.15) is 72.1 Å². The highest BCUT2D eigenvalue weighted by atomic mass is 16.2. The molecule has 2 saturated carbocycles. The molecule has 0 aromatic heterocycles. The van der Waals surface area contributed by atoms with E-state index in [1.54, 1.807) is 0 Å². The molecule has 2 heterocycles. The van der Waals surface area contributed by atoms with Crippen molar-refractivity contribution in [2.45, 2.75) is 77.7 Å². The number of carbonyl (C=O) groups is 2. The molecule has 1 unspecified atom stereocenters. The normalized spacial score (nSPS) is 50.1. The lowest BCUT2D eigenvalue weighted by Gasteiger charge is -2.59. The molecule has 0 spiro atoms. The summed E-state index contributed by atoms with van der Waals surface area (Å²) in [6, 6.07) is 0.